The molecule has 37 heavy (non-hydrogen) atoms. The van der Waals surface area contributed by atoms with Crippen molar-refractivity contribution >= 4 is 14.3 Å². The molecule has 0 spiro atoms. The summed E-state index contributed by atoms with van der Waals surface area (Å²) in [4.78, 5) is 15.6. The van der Waals surface area contributed by atoms with Gasteiger partial charge in [0.25, 0.3) is 0 Å². The van der Waals surface area contributed by atoms with Crippen LogP contribution in [0.25, 0.3) is 0 Å². The lowest BCUT2D eigenvalue weighted by Crippen LogP contribution is -2.45. The van der Waals surface area contributed by atoms with Crippen molar-refractivity contribution in [3.8, 4) is 5.75 Å². The first kappa shape index (κ1) is 29.3. The maximum Gasteiger partial charge on any atom is 0.323 e. The van der Waals surface area contributed by atoms with E-state index in [1.807, 2.05) is 30.3 Å². The third-order valence-corrected chi connectivity index (χ3v) is 12.5. The molecule has 2 aromatic carbocycles. The molecule has 0 aromatic heterocycles. The van der Waals surface area contributed by atoms with Crippen LogP contribution in [0.15, 0.2) is 48.5 Å². The van der Waals surface area contributed by atoms with Crippen molar-refractivity contribution in [1.82, 2.24) is 4.90 Å². The van der Waals surface area contributed by atoms with Crippen LogP contribution in [-0.4, -0.2) is 52.0 Å². The first-order valence-corrected chi connectivity index (χ1v) is 16.2. The third kappa shape index (κ3) is 7.42. The maximum absolute atomic E-state index is 14.2. The zero-order valence-electron chi connectivity index (χ0n) is 23.7. The molecular weight excluding hydrogens is 485 g/mol. The van der Waals surface area contributed by atoms with Gasteiger partial charge < -0.3 is 13.9 Å². The van der Waals surface area contributed by atoms with E-state index < -0.39 is 8.32 Å². The van der Waals surface area contributed by atoms with Crippen LogP contribution in [0.4, 0.5) is 4.39 Å². The summed E-state index contributed by atoms with van der Waals surface area (Å²) < 4.78 is 31.8. The number of ether oxygens (including phenoxy) is 2. The second-order valence-corrected chi connectivity index (χ2v) is 16.9. The summed E-state index contributed by atoms with van der Waals surface area (Å²) in [5.74, 6) is 0.606. The number of likely N-dealkylation sites (tertiary alicyclic amines) is 1. The lowest BCUT2D eigenvalue weighted by Gasteiger charge is -2.37. The molecule has 1 saturated heterocycles. The van der Waals surface area contributed by atoms with Crippen molar-refractivity contribution in [2.45, 2.75) is 71.3 Å². The third-order valence-electron chi connectivity index (χ3n) is 8.02. The molecular formula is C30H44FNO4Si. The summed E-state index contributed by atoms with van der Waals surface area (Å²) in [6, 6.07) is 14.0. The molecule has 3 atom stereocenters. The number of hydrogen-bond acceptors (Lipinski definition) is 5. The minimum atomic E-state index is -1.96. The molecule has 7 heteroatoms. The summed E-state index contributed by atoms with van der Waals surface area (Å²) in [6.07, 6.45) is 0. The average Bonchev–Trinajstić information content (AvgIpc) is 3.24. The zero-order valence-corrected chi connectivity index (χ0v) is 24.7. The van der Waals surface area contributed by atoms with Crippen LogP contribution in [0.2, 0.25) is 18.1 Å². The summed E-state index contributed by atoms with van der Waals surface area (Å²) in [6.45, 7) is 17.5. The molecule has 1 aliphatic rings. The van der Waals surface area contributed by atoms with E-state index in [-0.39, 0.29) is 47.2 Å². The summed E-state index contributed by atoms with van der Waals surface area (Å²) >= 11 is 0. The quantitative estimate of drug-likeness (QED) is 0.255. The molecule has 0 aliphatic carbocycles. The maximum atomic E-state index is 14.2. The molecule has 1 heterocycles. The Morgan fingerprint density at radius 1 is 1.11 bits per heavy atom. The Morgan fingerprint density at radius 3 is 2.35 bits per heavy atom. The predicted molar refractivity (Wildman–Crippen MR) is 149 cm³/mol. The fourth-order valence-electron chi connectivity index (χ4n) is 4.75. The molecule has 0 amide bonds. The highest BCUT2D eigenvalue weighted by molar-refractivity contribution is 6.74. The summed E-state index contributed by atoms with van der Waals surface area (Å²) in [5.41, 5.74) is 1.87. The highest BCUT2D eigenvalue weighted by atomic mass is 28.4. The lowest BCUT2D eigenvalue weighted by atomic mass is 9.89. The number of methoxy groups -OCH3 is 1. The zero-order chi connectivity index (χ0) is 27.4. The van der Waals surface area contributed by atoms with Crippen LogP contribution < -0.4 is 4.74 Å². The van der Waals surface area contributed by atoms with Crippen LogP contribution >= 0.6 is 0 Å². The van der Waals surface area contributed by atoms with Crippen LogP contribution in [-0.2, 0) is 20.6 Å². The molecule has 1 fully saturated rings. The van der Waals surface area contributed by atoms with Gasteiger partial charge in [-0.05, 0) is 59.4 Å². The SMILES string of the molecule is COc1ccc(COC(=O)[C@@H](C(C)C)N2C[C@@H](CO[Si](C)(C)C(C)(C)C)[C@@H](c3cccc(F)c3)C2)cc1. The second kappa shape index (κ2) is 12.1. The highest BCUT2D eigenvalue weighted by Gasteiger charge is 2.43. The van der Waals surface area contributed by atoms with Gasteiger partial charge in [0.15, 0.2) is 8.32 Å². The number of nitrogens with zero attached hydrogens (tertiary/aromatic N) is 1. The minimum Gasteiger partial charge on any atom is -0.497 e. The van der Waals surface area contributed by atoms with Gasteiger partial charge >= 0.3 is 5.97 Å². The Labute approximate surface area is 223 Å². The molecule has 0 N–H and O–H groups in total. The number of hydrogen-bond donors (Lipinski definition) is 0. The Morgan fingerprint density at radius 2 is 1.78 bits per heavy atom. The van der Waals surface area contributed by atoms with E-state index in [4.69, 9.17) is 13.9 Å². The van der Waals surface area contributed by atoms with E-state index in [0.29, 0.717) is 19.7 Å². The second-order valence-electron chi connectivity index (χ2n) is 12.1. The number of esters is 1. The van der Waals surface area contributed by atoms with Crippen molar-refractivity contribution in [2.24, 2.45) is 11.8 Å². The van der Waals surface area contributed by atoms with E-state index in [9.17, 15) is 9.18 Å². The molecule has 0 radical (unpaired) electrons. The van der Waals surface area contributed by atoms with Crippen molar-refractivity contribution in [3.63, 3.8) is 0 Å². The number of benzene rings is 2. The van der Waals surface area contributed by atoms with Crippen LogP contribution in [0.1, 0.15) is 51.7 Å². The topological polar surface area (TPSA) is 48.0 Å². The van der Waals surface area contributed by atoms with Crippen molar-refractivity contribution in [1.29, 1.82) is 0 Å². The van der Waals surface area contributed by atoms with E-state index in [0.717, 1.165) is 16.9 Å². The molecule has 0 bridgehead atoms. The van der Waals surface area contributed by atoms with Gasteiger partial charge in [0.2, 0.25) is 0 Å². The van der Waals surface area contributed by atoms with E-state index in [2.05, 4.69) is 52.6 Å². The molecule has 0 unspecified atom stereocenters. The van der Waals surface area contributed by atoms with Gasteiger partial charge in [0.05, 0.1) is 7.11 Å². The molecule has 5 nitrogen and oxygen atoms in total. The van der Waals surface area contributed by atoms with Gasteiger partial charge in [-0.1, -0.05) is 58.9 Å². The van der Waals surface area contributed by atoms with Crippen LogP contribution in [0.3, 0.4) is 0 Å². The van der Waals surface area contributed by atoms with Crippen LogP contribution in [0.5, 0.6) is 5.75 Å². The van der Waals surface area contributed by atoms with Crippen molar-refractivity contribution in [3.05, 3.63) is 65.5 Å². The summed E-state index contributed by atoms with van der Waals surface area (Å²) in [5, 5.41) is 0.103. The average molecular weight is 530 g/mol. The fraction of sp³-hybridized carbons (Fsp3) is 0.567. The smallest absolute Gasteiger partial charge is 0.323 e. The number of carbonyl (C=O) groups excluding carboxylic acids is 1. The monoisotopic (exact) mass is 529 g/mol. The number of rotatable bonds is 10. The molecule has 0 saturated carbocycles. The normalized spacial score (nSPS) is 19.7. The Kier molecular flexibility index (Phi) is 9.59. The standard InChI is InChI=1S/C30H44FNO4Si/c1-21(2)28(29(33)35-19-22-12-14-26(34-6)15-13-22)32-17-24(20-36-37(7,8)30(3,4)5)27(18-32)23-10-9-11-25(31)16-23/h9-16,21,24,27-28H,17-20H2,1-8H3/t24-,27+,28+/m0/s1. The molecule has 204 valence electrons. The van der Waals surface area contributed by atoms with Crippen LogP contribution in [0, 0.1) is 17.7 Å². The summed E-state index contributed by atoms with van der Waals surface area (Å²) in [7, 11) is -0.332. The first-order chi connectivity index (χ1) is 17.3. The predicted octanol–water partition coefficient (Wildman–Crippen LogP) is 6.64. The highest BCUT2D eigenvalue weighted by Crippen LogP contribution is 2.40. The van der Waals surface area contributed by atoms with Gasteiger partial charge in [-0.25, -0.2) is 4.39 Å². The Hall–Kier alpha value is -2.22. The molecule has 3 rings (SSSR count). The largest absolute Gasteiger partial charge is 0.497 e. The van der Waals surface area contributed by atoms with Gasteiger partial charge in [0.1, 0.15) is 24.2 Å². The van der Waals surface area contributed by atoms with E-state index >= 15 is 0 Å². The number of halogens is 1. The van der Waals surface area contributed by atoms with E-state index in [1.165, 1.54) is 6.07 Å². The molecule has 1 aliphatic heterocycles. The number of carbonyl (C=O) groups is 1. The van der Waals surface area contributed by atoms with E-state index in [1.54, 1.807) is 19.2 Å². The first-order valence-electron chi connectivity index (χ1n) is 13.3. The van der Waals surface area contributed by atoms with Crippen molar-refractivity contribution in [2.75, 3.05) is 26.8 Å². The van der Waals surface area contributed by atoms with Gasteiger partial charge in [0, 0.05) is 31.5 Å². The van der Waals surface area contributed by atoms with Gasteiger partial charge in [-0.15, -0.1) is 0 Å². The fourth-order valence-corrected chi connectivity index (χ4v) is 5.82. The Bertz CT molecular complexity index is 1030. The molecule has 2 aromatic rings. The Balaban J connectivity index is 1.77. The van der Waals surface area contributed by atoms with Gasteiger partial charge in [-0.2, -0.15) is 0 Å². The minimum absolute atomic E-state index is 0.0663. The van der Waals surface area contributed by atoms with Crippen molar-refractivity contribution < 1.29 is 23.1 Å². The van der Waals surface area contributed by atoms with Gasteiger partial charge in [-0.3, -0.25) is 9.69 Å². The lowest BCUT2D eigenvalue weighted by molar-refractivity contribution is -0.153.